The highest BCUT2D eigenvalue weighted by Crippen LogP contribution is 2.46. The zero-order valence-electron chi connectivity index (χ0n) is 18.5. The number of aromatic amines is 1. The molecule has 7 rings (SSSR count). The van der Waals surface area contributed by atoms with Gasteiger partial charge in [0.05, 0.1) is 17.0 Å². The largest absolute Gasteiger partial charge is 0.481 e. The Bertz CT molecular complexity index is 1440. The summed E-state index contributed by atoms with van der Waals surface area (Å²) in [5.74, 6) is -0.229. The molecule has 10 heteroatoms. The van der Waals surface area contributed by atoms with Gasteiger partial charge in [0.1, 0.15) is 11.5 Å². The average Bonchev–Trinajstić information content (AvgIpc) is 3.27. The Morgan fingerprint density at radius 3 is 2.54 bits per heavy atom. The molecule has 180 valence electrons. The van der Waals surface area contributed by atoms with Gasteiger partial charge in [0.25, 0.3) is 0 Å². The van der Waals surface area contributed by atoms with Crippen LogP contribution in [0.25, 0.3) is 33.3 Å². The van der Waals surface area contributed by atoms with E-state index in [2.05, 4.69) is 20.3 Å². The number of carboxylic acid groups (broad SMARTS) is 1. The van der Waals surface area contributed by atoms with Gasteiger partial charge < -0.3 is 15.4 Å². The van der Waals surface area contributed by atoms with Crippen LogP contribution in [-0.4, -0.2) is 37.1 Å². The van der Waals surface area contributed by atoms with Gasteiger partial charge in [-0.1, -0.05) is 12.1 Å². The summed E-state index contributed by atoms with van der Waals surface area (Å²) in [6, 6.07) is 8.11. The first-order chi connectivity index (χ1) is 16.8. The maximum Gasteiger partial charge on any atom is 0.417 e. The van der Waals surface area contributed by atoms with E-state index in [4.69, 9.17) is 4.98 Å². The predicted molar refractivity (Wildman–Crippen MR) is 124 cm³/mol. The highest BCUT2D eigenvalue weighted by molar-refractivity contribution is 5.96. The Hall–Kier alpha value is -3.69. The Labute approximate surface area is 197 Å². The number of halogens is 3. The number of H-pyrrole nitrogens is 1. The van der Waals surface area contributed by atoms with Gasteiger partial charge in [-0.05, 0) is 55.7 Å². The van der Waals surface area contributed by atoms with Gasteiger partial charge in [0.15, 0.2) is 5.82 Å². The minimum atomic E-state index is -4.53. The summed E-state index contributed by atoms with van der Waals surface area (Å²) in [5, 5.41) is 14.4. The molecule has 3 aliphatic carbocycles. The van der Waals surface area contributed by atoms with Crippen LogP contribution in [0.4, 0.5) is 19.0 Å². The lowest BCUT2D eigenvalue weighted by Crippen LogP contribution is -2.51. The van der Waals surface area contributed by atoms with Crippen LogP contribution in [0.3, 0.4) is 0 Å². The van der Waals surface area contributed by atoms with E-state index in [1.807, 2.05) is 24.3 Å². The zero-order valence-corrected chi connectivity index (χ0v) is 18.5. The van der Waals surface area contributed by atoms with Gasteiger partial charge in [-0.3, -0.25) is 4.79 Å². The number of fused-ring (bicyclic) bond motifs is 5. The first-order valence-electron chi connectivity index (χ1n) is 11.6. The second-order valence-electron chi connectivity index (χ2n) is 9.44. The normalized spacial score (nSPS) is 24.2. The minimum Gasteiger partial charge on any atom is -0.481 e. The minimum absolute atomic E-state index is 0.128. The van der Waals surface area contributed by atoms with Gasteiger partial charge in [-0.2, -0.15) is 13.2 Å². The molecule has 0 spiro atoms. The number of alkyl halides is 3. The summed E-state index contributed by atoms with van der Waals surface area (Å²) >= 11 is 0. The van der Waals surface area contributed by atoms with Crippen LogP contribution in [0.15, 0.2) is 42.7 Å². The monoisotopic (exact) mass is 481 g/mol. The van der Waals surface area contributed by atoms with Crippen molar-refractivity contribution in [3.63, 3.8) is 0 Å². The van der Waals surface area contributed by atoms with E-state index in [1.165, 1.54) is 0 Å². The van der Waals surface area contributed by atoms with Crippen molar-refractivity contribution in [2.75, 3.05) is 5.32 Å². The molecular formula is C25H22F3N5O2. The molecule has 0 amide bonds. The van der Waals surface area contributed by atoms with Crippen molar-refractivity contribution >= 4 is 33.7 Å². The first-order valence-corrected chi connectivity index (χ1v) is 11.6. The fourth-order valence-corrected chi connectivity index (χ4v) is 5.82. The third-order valence-corrected chi connectivity index (χ3v) is 7.51. The lowest BCUT2D eigenvalue weighted by atomic mass is 9.61. The summed E-state index contributed by atoms with van der Waals surface area (Å²) in [6.45, 7) is 0. The molecular weight excluding hydrogens is 459 g/mol. The number of carboxylic acids is 1. The molecule has 4 aromatic rings. The molecule has 0 aliphatic heterocycles. The van der Waals surface area contributed by atoms with Gasteiger partial charge in [-0.25, -0.2) is 15.0 Å². The van der Waals surface area contributed by atoms with Crippen molar-refractivity contribution in [3.05, 3.63) is 48.3 Å². The molecule has 3 heterocycles. The van der Waals surface area contributed by atoms with Gasteiger partial charge >= 0.3 is 12.1 Å². The summed E-state index contributed by atoms with van der Waals surface area (Å²) in [5.41, 5.74) is 0.455. The fourth-order valence-electron chi connectivity index (χ4n) is 5.82. The Balaban J connectivity index is 1.47. The lowest BCUT2D eigenvalue weighted by Gasteiger charge is -2.47. The van der Waals surface area contributed by atoms with Crippen molar-refractivity contribution in [2.24, 2.45) is 17.8 Å². The quantitative estimate of drug-likeness (QED) is 0.356. The van der Waals surface area contributed by atoms with E-state index in [0.717, 1.165) is 43.3 Å². The number of hydrogen-bond donors (Lipinski definition) is 3. The molecule has 7 nitrogen and oxygen atoms in total. The number of nitrogens with one attached hydrogen (secondary N) is 2. The standard InChI is InChI=1S/C25H22F3N5O2/c26-25(27,28)14-9-16-17(11-30-21(16)29-10-14)23-31-18-4-2-1-3-15(18)22(33-23)32-20-13-7-5-12(6-8-13)19(20)24(34)35/h1-4,9-13,19-20H,5-8H2,(H,29,30)(H,34,35)(H,31,32,33)/t12?,13?,19-,20-/m0/s1. The highest BCUT2D eigenvalue weighted by Gasteiger charge is 2.47. The maximum absolute atomic E-state index is 13.3. The Morgan fingerprint density at radius 2 is 1.80 bits per heavy atom. The topological polar surface area (TPSA) is 104 Å². The molecule has 2 bridgehead atoms. The number of aromatic nitrogens is 4. The number of nitrogens with zero attached hydrogens (tertiary/aromatic N) is 3. The number of para-hydroxylation sites is 1. The smallest absolute Gasteiger partial charge is 0.417 e. The number of benzene rings is 1. The molecule has 3 saturated carbocycles. The number of rotatable bonds is 4. The number of pyridine rings is 1. The number of carbonyl (C=O) groups is 1. The molecule has 35 heavy (non-hydrogen) atoms. The molecule has 1 aromatic carbocycles. The summed E-state index contributed by atoms with van der Waals surface area (Å²) in [6.07, 6.45) is 1.58. The van der Waals surface area contributed by atoms with Gasteiger partial charge in [0, 0.05) is 34.8 Å². The predicted octanol–water partition coefficient (Wildman–Crippen LogP) is 5.49. The molecule has 0 saturated heterocycles. The number of aliphatic carboxylic acids is 1. The van der Waals surface area contributed by atoms with Crippen LogP contribution >= 0.6 is 0 Å². The van der Waals surface area contributed by atoms with Gasteiger partial charge in [0.2, 0.25) is 0 Å². The van der Waals surface area contributed by atoms with Crippen molar-refractivity contribution in [3.8, 4) is 11.4 Å². The van der Waals surface area contributed by atoms with Crippen LogP contribution in [0.1, 0.15) is 31.2 Å². The summed E-state index contributed by atoms with van der Waals surface area (Å²) in [4.78, 5) is 28.3. The average molecular weight is 481 g/mol. The molecule has 3 N–H and O–H groups in total. The lowest BCUT2D eigenvalue weighted by molar-refractivity contribution is -0.148. The van der Waals surface area contributed by atoms with Crippen LogP contribution in [0, 0.1) is 17.8 Å². The molecule has 0 radical (unpaired) electrons. The zero-order chi connectivity index (χ0) is 24.3. The summed E-state index contributed by atoms with van der Waals surface area (Å²) < 4.78 is 40.0. The molecule has 3 aromatic heterocycles. The van der Waals surface area contributed by atoms with Crippen LogP contribution < -0.4 is 5.32 Å². The van der Waals surface area contributed by atoms with Crippen molar-refractivity contribution < 1.29 is 23.1 Å². The third kappa shape index (κ3) is 3.67. The fraction of sp³-hybridized carbons (Fsp3) is 0.360. The number of anilines is 1. The van der Waals surface area contributed by atoms with Crippen molar-refractivity contribution in [1.29, 1.82) is 0 Å². The molecule has 3 aliphatic rings. The van der Waals surface area contributed by atoms with Crippen molar-refractivity contribution in [1.82, 2.24) is 19.9 Å². The Kier molecular flexibility index (Phi) is 4.94. The Morgan fingerprint density at radius 1 is 1.06 bits per heavy atom. The van der Waals surface area contributed by atoms with E-state index >= 15 is 0 Å². The molecule has 3 fully saturated rings. The molecule has 0 unspecified atom stereocenters. The van der Waals surface area contributed by atoms with Gasteiger partial charge in [-0.15, -0.1) is 0 Å². The van der Waals surface area contributed by atoms with E-state index in [1.54, 1.807) is 6.20 Å². The van der Waals surface area contributed by atoms with E-state index in [-0.39, 0.29) is 29.1 Å². The van der Waals surface area contributed by atoms with Crippen LogP contribution in [0.2, 0.25) is 0 Å². The first kappa shape index (κ1) is 21.8. The van der Waals surface area contributed by atoms with Crippen molar-refractivity contribution in [2.45, 2.75) is 37.9 Å². The highest BCUT2D eigenvalue weighted by atomic mass is 19.4. The van der Waals surface area contributed by atoms with E-state index < -0.39 is 23.6 Å². The SMILES string of the molecule is O=C(O)[C@H]1C2CCC(CC2)[C@@H]1Nc1nc(-c2c[nH]c3ncc(C(F)(F)F)cc23)nc2ccccc12. The van der Waals surface area contributed by atoms with Crippen LogP contribution in [-0.2, 0) is 11.0 Å². The molecule has 2 atom stereocenters. The van der Waals surface area contributed by atoms with Crippen LogP contribution in [0.5, 0.6) is 0 Å². The summed E-state index contributed by atoms with van der Waals surface area (Å²) in [7, 11) is 0. The third-order valence-electron chi connectivity index (χ3n) is 7.51. The number of hydrogen-bond acceptors (Lipinski definition) is 5. The second-order valence-corrected chi connectivity index (χ2v) is 9.44. The second kappa shape index (κ2) is 7.93. The van der Waals surface area contributed by atoms with E-state index in [9.17, 15) is 23.1 Å². The van der Waals surface area contributed by atoms with E-state index in [0.29, 0.717) is 22.5 Å². The maximum atomic E-state index is 13.3.